The number of allylic oxidation sites excluding steroid dienone is 3. The van der Waals surface area contributed by atoms with Gasteiger partial charge >= 0.3 is 6.18 Å². The van der Waals surface area contributed by atoms with Crippen LogP contribution in [0.15, 0.2) is 58.9 Å². The quantitative estimate of drug-likeness (QED) is 0.466. The second-order valence-corrected chi connectivity index (χ2v) is 10.4. The van der Waals surface area contributed by atoms with Gasteiger partial charge in [-0.2, -0.15) is 13.2 Å². The molecule has 0 bridgehead atoms. The van der Waals surface area contributed by atoms with Crippen LogP contribution in [0.2, 0.25) is 0 Å². The Balaban J connectivity index is 1.87. The van der Waals surface area contributed by atoms with Gasteiger partial charge in [-0.05, 0) is 54.7 Å². The lowest BCUT2D eigenvalue weighted by atomic mass is 9.68. The summed E-state index contributed by atoms with van der Waals surface area (Å²) in [7, 11) is 4.39. The zero-order chi connectivity index (χ0) is 28.7. The fourth-order valence-electron chi connectivity index (χ4n) is 5.31. The Morgan fingerprint density at radius 3 is 2.23 bits per heavy atom. The second-order valence-electron chi connectivity index (χ2n) is 10.4. The number of carbonyl (C=O) groups is 2. The van der Waals surface area contributed by atoms with Gasteiger partial charge in [-0.3, -0.25) is 9.59 Å². The number of carbonyl (C=O) groups excluding carboxylic acids is 2. The van der Waals surface area contributed by atoms with Crippen molar-refractivity contribution in [2.24, 2.45) is 5.41 Å². The third-order valence-electron chi connectivity index (χ3n) is 6.95. The smallest absolute Gasteiger partial charge is 0.416 e. The molecule has 1 amide bonds. The minimum absolute atomic E-state index is 0.0188. The highest BCUT2D eigenvalue weighted by Gasteiger charge is 2.43. The molecule has 1 aliphatic heterocycles. The number of dihydropyridines is 1. The van der Waals surface area contributed by atoms with Crippen molar-refractivity contribution in [3.05, 3.63) is 70.1 Å². The molecule has 1 atom stereocenters. The monoisotopic (exact) mass is 544 g/mol. The number of Topliss-reactive ketones (excluding diaryl/α,β-unsaturated/α-hetero) is 1. The van der Waals surface area contributed by atoms with Crippen LogP contribution >= 0.6 is 0 Å². The van der Waals surface area contributed by atoms with E-state index >= 15 is 0 Å². The molecule has 2 N–H and O–H groups in total. The minimum atomic E-state index is -4.57. The summed E-state index contributed by atoms with van der Waals surface area (Å²) in [5, 5.41) is 5.85. The van der Waals surface area contributed by atoms with Crippen LogP contribution < -0.4 is 24.8 Å². The van der Waals surface area contributed by atoms with Crippen LogP contribution in [0.3, 0.4) is 0 Å². The van der Waals surface area contributed by atoms with E-state index in [4.69, 9.17) is 14.2 Å². The van der Waals surface area contributed by atoms with Crippen molar-refractivity contribution in [1.82, 2.24) is 5.32 Å². The number of alkyl halides is 3. The van der Waals surface area contributed by atoms with Crippen LogP contribution in [0.5, 0.6) is 17.2 Å². The van der Waals surface area contributed by atoms with E-state index < -0.39 is 23.6 Å². The Morgan fingerprint density at radius 1 is 1.03 bits per heavy atom. The maximum Gasteiger partial charge on any atom is 0.416 e. The van der Waals surface area contributed by atoms with Crippen LogP contribution in [0.4, 0.5) is 18.9 Å². The average Bonchev–Trinajstić information content (AvgIpc) is 2.85. The molecule has 2 aliphatic rings. The molecule has 2 aromatic carbocycles. The molecule has 0 saturated carbocycles. The Bertz CT molecular complexity index is 1370. The van der Waals surface area contributed by atoms with Crippen molar-refractivity contribution in [1.29, 1.82) is 0 Å². The highest BCUT2D eigenvalue weighted by molar-refractivity contribution is 6.10. The number of amides is 1. The molecule has 1 unspecified atom stereocenters. The van der Waals surface area contributed by atoms with E-state index in [0.29, 0.717) is 46.2 Å². The van der Waals surface area contributed by atoms with Gasteiger partial charge < -0.3 is 24.8 Å². The van der Waals surface area contributed by atoms with Gasteiger partial charge in [0.15, 0.2) is 17.3 Å². The van der Waals surface area contributed by atoms with Gasteiger partial charge in [0.25, 0.3) is 5.91 Å². The number of anilines is 1. The molecule has 0 saturated heterocycles. The number of halogens is 3. The van der Waals surface area contributed by atoms with Crippen molar-refractivity contribution in [3.8, 4) is 17.2 Å². The number of ether oxygens (including phenoxy) is 3. The standard InChI is InChI=1S/C29H31F3N2O5/c1-15-23(27(36)34-18-9-7-8-17(12-18)29(30,31)32)24(25-19(33-15)13-28(2,3)14-20(25)35)16-10-21(37-4)26(39-6)22(11-16)38-5/h7-12,24,33H,13-14H2,1-6H3,(H,34,36). The first kappa shape index (κ1) is 28.1. The molecule has 0 spiro atoms. The molecule has 39 heavy (non-hydrogen) atoms. The van der Waals surface area contributed by atoms with Gasteiger partial charge in [-0.1, -0.05) is 19.9 Å². The van der Waals surface area contributed by atoms with E-state index in [9.17, 15) is 22.8 Å². The normalized spacial score (nSPS) is 18.8. The Morgan fingerprint density at radius 2 is 1.67 bits per heavy atom. The molecule has 10 heteroatoms. The summed E-state index contributed by atoms with van der Waals surface area (Å²) in [5.41, 5.74) is 1.18. The molecule has 1 heterocycles. The highest BCUT2D eigenvalue weighted by Crippen LogP contribution is 2.49. The molecule has 0 aromatic heterocycles. The van der Waals surface area contributed by atoms with Crippen LogP contribution in [0.25, 0.3) is 0 Å². The van der Waals surface area contributed by atoms with E-state index in [1.807, 2.05) is 13.8 Å². The molecule has 0 radical (unpaired) electrons. The zero-order valence-electron chi connectivity index (χ0n) is 22.6. The number of benzene rings is 2. The average molecular weight is 545 g/mol. The lowest BCUT2D eigenvalue weighted by molar-refractivity contribution is -0.137. The second kappa shape index (κ2) is 10.3. The summed E-state index contributed by atoms with van der Waals surface area (Å²) in [6, 6.07) is 7.77. The molecular weight excluding hydrogens is 513 g/mol. The van der Waals surface area contributed by atoms with Crippen LogP contribution in [0.1, 0.15) is 50.7 Å². The summed E-state index contributed by atoms with van der Waals surface area (Å²) in [6.07, 6.45) is -3.72. The maximum atomic E-state index is 13.8. The first-order chi connectivity index (χ1) is 18.3. The predicted octanol–water partition coefficient (Wildman–Crippen LogP) is 5.97. The largest absolute Gasteiger partial charge is 0.493 e. The molecule has 7 nitrogen and oxygen atoms in total. The molecule has 208 valence electrons. The summed E-state index contributed by atoms with van der Waals surface area (Å²) in [5.74, 6) is -0.563. The summed E-state index contributed by atoms with van der Waals surface area (Å²) in [4.78, 5) is 27.3. The van der Waals surface area contributed by atoms with Gasteiger partial charge in [0.1, 0.15) is 0 Å². The van der Waals surface area contributed by atoms with Crippen LogP contribution in [-0.4, -0.2) is 33.0 Å². The van der Waals surface area contributed by atoms with E-state index in [1.54, 1.807) is 19.1 Å². The number of ketones is 1. The maximum absolute atomic E-state index is 13.8. The number of hydrogen-bond acceptors (Lipinski definition) is 6. The van der Waals surface area contributed by atoms with Gasteiger partial charge in [-0.15, -0.1) is 0 Å². The summed E-state index contributed by atoms with van der Waals surface area (Å²) >= 11 is 0. The summed E-state index contributed by atoms with van der Waals surface area (Å²) < 4.78 is 56.4. The molecule has 4 rings (SSSR count). The van der Waals surface area contributed by atoms with Gasteiger partial charge in [0.2, 0.25) is 5.75 Å². The van der Waals surface area contributed by atoms with Crippen LogP contribution in [-0.2, 0) is 15.8 Å². The number of rotatable bonds is 6. The van der Waals surface area contributed by atoms with Gasteiger partial charge in [-0.25, -0.2) is 0 Å². The highest BCUT2D eigenvalue weighted by atomic mass is 19.4. The van der Waals surface area contributed by atoms with Gasteiger partial charge in [0, 0.05) is 40.6 Å². The van der Waals surface area contributed by atoms with E-state index in [-0.39, 0.29) is 28.9 Å². The number of methoxy groups -OCH3 is 3. The predicted molar refractivity (Wildman–Crippen MR) is 140 cm³/mol. The minimum Gasteiger partial charge on any atom is -0.493 e. The summed E-state index contributed by atoms with van der Waals surface area (Å²) in [6.45, 7) is 5.71. The topological polar surface area (TPSA) is 85.9 Å². The zero-order valence-corrected chi connectivity index (χ0v) is 22.6. The molecule has 1 aliphatic carbocycles. The Hall–Kier alpha value is -3.95. The van der Waals surface area contributed by atoms with Crippen molar-refractivity contribution in [3.63, 3.8) is 0 Å². The lowest BCUT2D eigenvalue weighted by Gasteiger charge is -2.39. The van der Waals surface area contributed by atoms with E-state index in [0.717, 1.165) is 12.1 Å². The third-order valence-corrected chi connectivity index (χ3v) is 6.95. The first-order valence-corrected chi connectivity index (χ1v) is 12.3. The van der Waals surface area contributed by atoms with Crippen molar-refractivity contribution in [2.75, 3.05) is 26.6 Å². The lowest BCUT2D eigenvalue weighted by Crippen LogP contribution is -2.39. The first-order valence-electron chi connectivity index (χ1n) is 12.3. The fourth-order valence-corrected chi connectivity index (χ4v) is 5.31. The molecule has 0 fully saturated rings. The number of nitrogens with one attached hydrogen (secondary N) is 2. The molecule has 2 aromatic rings. The van der Waals surface area contributed by atoms with Crippen molar-refractivity contribution < 1.29 is 37.0 Å². The van der Waals surface area contributed by atoms with E-state index in [2.05, 4.69) is 10.6 Å². The fraction of sp³-hybridized carbons (Fsp3) is 0.379. The van der Waals surface area contributed by atoms with Gasteiger partial charge in [0.05, 0.1) is 26.9 Å². The van der Waals surface area contributed by atoms with Crippen LogP contribution in [0, 0.1) is 5.41 Å². The van der Waals surface area contributed by atoms with Crippen molar-refractivity contribution in [2.45, 2.75) is 45.7 Å². The number of hydrogen-bond donors (Lipinski definition) is 2. The van der Waals surface area contributed by atoms with E-state index in [1.165, 1.54) is 33.5 Å². The Kier molecular flexibility index (Phi) is 7.42. The van der Waals surface area contributed by atoms with Crippen molar-refractivity contribution >= 4 is 17.4 Å². The molecular formula is C29H31F3N2O5. The Labute approximate surface area is 225 Å². The SMILES string of the molecule is COc1cc(C2C(C(=O)Nc3cccc(C(F)(F)F)c3)=C(C)NC3=C2C(=O)CC(C)(C)C3)cc(OC)c1OC. The third kappa shape index (κ3) is 5.46.